The number of carbonyl (C=O) groups is 1. The number of rotatable bonds is 7. The van der Waals surface area contributed by atoms with Gasteiger partial charge in [-0.2, -0.15) is 0 Å². The topological polar surface area (TPSA) is 65.9 Å². The molecule has 0 aliphatic carbocycles. The number of hydrogen-bond acceptors (Lipinski definition) is 5. The summed E-state index contributed by atoms with van der Waals surface area (Å²) in [6, 6.07) is 16.7. The third-order valence-electron chi connectivity index (χ3n) is 6.90. The van der Waals surface area contributed by atoms with Crippen LogP contribution < -0.4 is 14.5 Å². The highest BCUT2D eigenvalue weighted by Crippen LogP contribution is 2.40. The molecule has 0 amide bonds. The van der Waals surface area contributed by atoms with E-state index in [9.17, 15) is 9.90 Å². The van der Waals surface area contributed by atoms with Gasteiger partial charge in [0.05, 0.1) is 12.2 Å². The molecule has 1 N–H and O–H groups in total. The second-order valence-electron chi connectivity index (χ2n) is 8.85. The molecule has 6 nitrogen and oxygen atoms in total. The molecule has 1 atom stereocenters. The molecule has 2 aliphatic rings. The van der Waals surface area contributed by atoms with Gasteiger partial charge in [0.25, 0.3) is 0 Å². The minimum absolute atomic E-state index is 0.339. The number of fused-ring (bicyclic) bond motifs is 1. The van der Waals surface area contributed by atoms with Crippen LogP contribution in [0.3, 0.4) is 0 Å². The van der Waals surface area contributed by atoms with E-state index < -0.39 is 5.97 Å². The van der Waals surface area contributed by atoms with Crippen LogP contribution in [-0.4, -0.2) is 42.8 Å². The number of aromatic nitrogens is 1. The van der Waals surface area contributed by atoms with Crippen molar-refractivity contribution >= 4 is 23.0 Å². The lowest BCUT2D eigenvalue weighted by Gasteiger charge is -2.33. The third kappa shape index (κ3) is 4.38. The Bertz CT molecular complexity index is 1140. The van der Waals surface area contributed by atoms with Crippen LogP contribution in [-0.2, 0) is 6.42 Å². The maximum absolute atomic E-state index is 11.5. The van der Waals surface area contributed by atoms with Crippen molar-refractivity contribution in [3.8, 4) is 5.75 Å². The number of anilines is 3. The zero-order chi connectivity index (χ0) is 22.8. The summed E-state index contributed by atoms with van der Waals surface area (Å²) >= 11 is 0. The summed E-state index contributed by atoms with van der Waals surface area (Å²) in [4.78, 5) is 20.2. The van der Waals surface area contributed by atoms with E-state index in [2.05, 4.69) is 64.3 Å². The largest absolute Gasteiger partial charge is 0.493 e. The molecule has 33 heavy (non-hydrogen) atoms. The Balaban J connectivity index is 1.30. The Morgan fingerprint density at radius 3 is 2.67 bits per heavy atom. The molecule has 0 saturated carbocycles. The van der Waals surface area contributed by atoms with Gasteiger partial charge in [-0.1, -0.05) is 6.07 Å². The Kier molecular flexibility index (Phi) is 5.90. The lowest BCUT2D eigenvalue weighted by atomic mass is 9.87. The highest BCUT2D eigenvalue weighted by molar-refractivity contribution is 5.89. The number of carboxylic acid groups (broad SMARTS) is 1. The molecule has 1 fully saturated rings. The molecule has 5 rings (SSSR count). The van der Waals surface area contributed by atoms with E-state index in [1.165, 1.54) is 23.9 Å². The van der Waals surface area contributed by atoms with Crippen LogP contribution >= 0.6 is 0 Å². The zero-order valence-corrected chi connectivity index (χ0v) is 18.9. The first-order valence-electron chi connectivity index (χ1n) is 11.6. The summed E-state index contributed by atoms with van der Waals surface area (Å²) in [5.41, 5.74) is 5.85. The normalized spacial score (nSPS) is 17.0. The number of pyridine rings is 1. The van der Waals surface area contributed by atoms with Crippen LogP contribution in [0.4, 0.5) is 17.1 Å². The molecule has 170 valence electrons. The van der Waals surface area contributed by atoms with Crippen LogP contribution in [0.15, 0.2) is 60.9 Å². The van der Waals surface area contributed by atoms with Gasteiger partial charge in [-0.05, 0) is 79.1 Å². The average molecular weight is 444 g/mol. The van der Waals surface area contributed by atoms with E-state index in [1.54, 1.807) is 12.3 Å². The van der Waals surface area contributed by atoms with Crippen LogP contribution in [0.2, 0.25) is 0 Å². The maximum atomic E-state index is 11.5. The summed E-state index contributed by atoms with van der Waals surface area (Å²) in [6.45, 7) is 2.97. The summed E-state index contributed by atoms with van der Waals surface area (Å²) in [6.07, 6.45) is 6.98. The first-order chi connectivity index (χ1) is 16.1. The van der Waals surface area contributed by atoms with Crippen molar-refractivity contribution in [2.24, 2.45) is 0 Å². The van der Waals surface area contributed by atoms with Gasteiger partial charge in [-0.3, -0.25) is 4.98 Å². The van der Waals surface area contributed by atoms with Crippen LogP contribution in [0, 0.1) is 0 Å². The summed E-state index contributed by atoms with van der Waals surface area (Å²) < 4.78 is 6.03. The highest BCUT2D eigenvalue weighted by atomic mass is 16.5. The molecule has 0 bridgehead atoms. The highest BCUT2D eigenvalue weighted by Gasteiger charge is 2.23. The molecule has 3 aromatic rings. The number of ether oxygens (including phenoxy) is 1. The molecule has 0 unspecified atom stereocenters. The summed E-state index contributed by atoms with van der Waals surface area (Å²) in [5.74, 6) is 0.369. The summed E-state index contributed by atoms with van der Waals surface area (Å²) in [7, 11) is 2.08. The van der Waals surface area contributed by atoms with Crippen molar-refractivity contribution < 1.29 is 14.6 Å². The molecule has 2 aromatic carbocycles. The van der Waals surface area contributed by atoms with E-state index >= 15 is 0 Å². The average Bonchev–Trinajstić information content (AvgIpc) is 2.81. The fourth-order valence-corrected chi connectivity index (χ4v) is 4.74. The van der Waals surface area contributed by atoms with Crippen molar-refractivity contribution in [3.05, 3.63) is 77.6 Å². The van der Waals surface area contributed by atoms with Crippen molar-refractivity contribution in [3.63, 3.8) is 0 Å². The SMILES string of the molecule is CN(c1ccc(N2CCC2)cc1)c1ccc2c(c1)OCC[C@H]2CCc1cnccc1C(=O)O. The molecule has 2 aliphatic heterocycles. The minimum Gasteiger partial charge on any atom is -0.493 e. The van der Waals surface area contributed by atoms with E-state index in [-0.39, 0.29) is 0 Å². The first-order valence-corrected chi connectivity index (χ1v) is 11.6. The third-order valence-corrected chi connectivity index (χ3v) is 6.90. The second kappa shape index (κ2) is 9.14. The molecule has 1 saturated heterocycles. The Labute approximate surface area is 194 Å². The van der Waals surface area contributed by atoms with Gasteiger partial charge in [0, 0.05) is 55.7 Å². The standard InChI is InChI=1S/C27H29N3O3/c1-29(21-5-7-22(8-6-21)30-14-2-15-30)23-9-10-24-19(12-16-33-26(24)17-23)3-4-20-18-28-13-11-25(20)27(31)32/h5-11,13,17-19H,2-4,12,14-16H2,1H3,(H,31,32)/t19-/m1/s1. The van der Waals surface area contributed by atoms with Gasteiger partial charge in [-0.25, -0.2) is 4.79 Å². The number of aryl methyl sites for hydroxylation is 1. The first kappa shape index (κ1) is 21.3. The molecular weight excluding hydrogens is 414 g/mol. The second-order valence-corrected chi connectivity index (χ2v) is 8.85. The van der Waals surface area contributed by atoms with Crippen molar-refractivity contribution in [2.45, 2.75) is 31.6 Å². The molecule has 0 spiro atoms. The van der Waals surface area contributed by atoms with Gasteiger partial charge in [0.15, 0.2) is 0 Å². The predicted molar refractivity (Wildman–Crippen MR) is 130 cm³/mol. The van der Waals surface area contributed by atoms with E-state index in [0.717, 1.165) is 48.6 Å². The Morgan fingerprint density at radius 2 is 1.94 bits per heavy atom. The summed E-state index contributed by atoms with van der Waals surface area (Å²) in [5, 5.41) is 9.44. The predicted octanol–water partition coefficient (Wildman–Crippen LogP) is 5.26. The monoisotopic (exact) mass is 443 g/mol. The van der Waals surface area contributed by atoms with E-state index in [4.69, 9.17) is 4.74 Å². The fourth-order valence-electron chi connectivity index (χ4n) is 4.74. The van der Waals surface area contributed by atoms with Gasteiger partial charge in [0.2, 0.25) is 0 Å². The Hall–Kier alpha value is -3.54. The van der Waals surface area contributed by atoms with E-state index in [0.29, 0.717) is 24.5 Å². The molecule has 6 heteroatoms. The number of nitrogens with zero attached hydrogens (tertiary/aromatic N) is 3. The number of carboxylic acids is 1. The number of hydrogen-bond donors (Lipinski definition) is 1. The van der Waals surface area contributed by atoms with Crippen LogP contribution in [0.25, 0.3) is 0 Å². The zero-order valence-electron chi connectivity index (χ0n) is 18.9. The lowest BCUT2D eigenvalue weighted by Crippen LogP contribution is -2.36. The minimum atomic E-state index is -0.898. The molecule has 0 radical (unpaired) electrons. The van der Waals surface area contributed by atoms with Crippen molar-refractivity contribution in [1.82, 2.24) is 4.98 Å². The quantitative estimate of drug-likeness (QED) is 0.538. The molecule has 3 heterocycles. The maximum Gasteiger partial charge on any atom is 0.336 e. The smallest absolute Gasteiger partial charge is 0.336 e. The number of aromatic carboxylic acids is 1. The fraction of sp³-hybridized carbons (Fsp3) is 0.333. The van der Waals surface area contributed by atoms with Gasteiger partial charge < -0.3 is 19.6 Å². The van der Waals surface area contributed by atoms with Gasteiger partial charge >= 0.3 is 5.97 Å². The van der Waals surface area contributed by atoms with Crippen molar-refractivity contribution in [1.29, 1.82) is 0 Å². The Morgan fingerprint density at radius 1 is 1.15 bits per heavy atom. The molecule has 1 aromatic heterocycles. The van der Waals surface area contributed by atoms with Crippen LogP contribution in [0.5, 0.6) is 5.75 Å². The van der Waals surface area contributed by atoms with Crippen LogP contribution in [0.1, 0.15) is 46.7 Å². The van der Waals surface area contributed by atoms with Crippen molar-refractivity contribution in [2.75, 3.05) is 36.5 Å². The van der Waals surface area contributed by atoms with E-state index in [1.807, 2.05) is 0 Å². The molecular formula is C27H29N3O3. The lowest BCUT2D eigenvalue weighted by molar-refractivity contribution is 0.0695. The van der Waals surface area contributed by atoms with Gasteiger partial charge in [-0.15, -0.1) is 0 Å². The van der Waals surface area contributed by atoms with Gasteiger partial charge in [0.1, 0.15) is 5.75 Å². The number of benzene rings is 2.